The van der Waals surface area contributed by atoms with Crippen molar-refractivity contribution in [3.05, 3.63) is 25.3 Å². The van der Waals surface area contributed by atoms with Gasteiger partial charge in [0.05, 0.1) is 25.9 Å². The molecule has 2 unspecified atom stereocenters. The molecular weight excluding hydrogens is 729 g/mol. The highest BCUT2D eigenvalue weighted by molar-refractivity contribution is 7.66. The van der Waals surface area contributed by atoms with Crippen LogP contribution in [-0.2, 0) is 40.8 Å². The molecule has 0 aromatic carbocycles. The number of rotatable bonds is 12. The molecule has 268 valence electrons. The molecule has 6 heterocycles. The zero-order valence-corrected chi connectivity index (χ0v) is 26.9. The van der Waals surface area contributed by atoms with Gasteiger partial charge < -0.3 is 56.0 Å². The van der Waals surface area contributed by atoms with Crippen LogP contribution in [0.5, 0.6) is 0 Å². The van der Waals surface area contributed by atoms with Gasteiger partial charge in [0, 0.05) is 0 Å². The van der Waals surface area contributed by atoms with Gasteiger partial charge in [-0.25, -0.2) is 43.6 Å². The van der Waals surface area contributed by atoms with Crippen LogP contribution in [0.1, 0.15) is 12.5 Å². The third kappa shape index (κ3) is 7.22. The van der Waals surface area contributed by atoms with Crippen molar-refractivity contribution in [2.24, 2.45) is 0 Å². The van der Waals surface area contributed by atoms with Gasteiger partial charge in [-0.05, 0) is 0 Å². The third-order valence-corrected chi connectivity index (χ3v) is 11.5. The smallest absolute Gasteiger partial charge is 0.387 e. The Morgan fingerprint density at radius 1 is 0.633 bits per heavy atom. The quantitative estimate of drug-likeness (QED) is 0.0671. The molecule has 2 fully saturated rings. The van der Waals surface area contributed by atoms with Gasteiger partial charge in [0.25, 0.3) is 0 Å². The van der Waals surface area contributed by atoms with Crippen molar-refractivity contribution in [3.8, 4) is 0 Å². The first-order valence-electron chi connectivity index (χ1n) is 13.6. The number of nitrogens with zero attached hydrogens (tertiary/aromatic N) is 8. The number of aromatic nitrogens is 8. The summed E-state index contributed by atoms with van der Waals surface area (Å²) < 4.78 is 67.9. The first-order chi connectivity index (χ1) is 23.0. The number of imidazole rings is 2. The Morgan fingerprint density at radius 3 is 1.41 bits per heavy atom. The highest BCUT2D eigenvalue weighted by Gasteiger charge is 2.49. The lowest BCUT2D eigenvalue weighted by Crippen LogP contribution is -2.33. The molecule has 0 aliphatic carbocycles. The summed E-state index contributed by atoms with van der Waals surface area (Å²) in [6.07, 6.45) is -7.97. The monoisotopic (exact) mass is 756 g/mol. The van der Waals surface area contributed by atoms with Gasteiger partial charge in [0.1, 0.15) is 60.3 Å². The van der Waals surface area contributed by atoms with Gasteiger partial charge in [-0.15, -0.1) is 0 Å². The first-order valence-corrected chi connectivity index (χ1v) is 18.0. The van der Waals surface area contributed by atoms with E-state index in [1.54, 1.807) is 0 Å². The van der Waals surface area contributed by atoms with Crippen molar-refractivity contribution < 1.29 is 75.9 Å². The molecule has 26 nitrogen and oxygen atoms in total. The van der Waals surface area contributed by atoms with Crippen LogP contribution in [0.2, 0.25) is 0 Å². The first kappa shape index (κ1) is 35.7. The van der Waals surface area contributed by atoms with E-state index < -0.39 is 85.8 Å². The number of hydrogen-bond donors (Lipinski definition) is 9. The van der Waals surface area contributed by atoms with E-state index in [1.807, 2.05) is 0 Å². The fourth-order valence-corrected chi connectivity index (χ4v) is 8.49. The van der Waals surface area contributed by atoms with E-state index in [2.05, 4.69) is 47.6 Å². The molecule has 0 spiro atoms. The van der Waals surface area contributed by atoms with E-state index in [4.69, 9.17) is 20.9 Å². The average molecular weight is 756 g/mol. The van der Waals surface area contributed by atoms with Gasteiger partial charge in [0.2, 0.25) is 0 Å². The summed E-state index contributed by atoms with van der Waals surface area (Å²) in [5.74, 6) is 0.0316. The van der Waals surface area contributed by atoms with E-state index in [0.29, 0.717) is 0 Å². The fourth-order valence-electron chi connectivity index (χ4n) is 4.96. The van der Waals surface area contributed by atoms with E-state index >= 15 is 0 Å². The van der Waals surface area contributed by atoms with Gasteiger partial charge in [-0.2, -0.15) is 8.62 Å². The van der Waals surface area contributed by atoms with Gasteiger partial charge >= 0.3 is 23.5 Å². The highest BCUT2D eigenvalue weighted by atomic mass is 31.3. The Labute approximate surface area is 271 Å². The molecule has 49 heavy (non-hydrogen) atoms. The standard InChI is InChI=1S/C20H27N10O16P3/c21-15-9-17(25-3-23-15)29(5-27-9)19-13(33)11(31)7(43-19)1-41-47(35,36)45-49(39,40)46-48(37,38)42-2-8-12(32)14(34)20(44-8)30-6-28-10-16(22)24-4-26-18(10)30/h3-8,11-14,19-20,31-34H,1-2H2,(H,35,36)(H,37,38)(H,39,40)(H2,21,23,25)(H2,22,24,26)/t7-,8-,11+,12+,13-,14-,19-,20-/m1/s1. The largest absolute Gasteiger partial charge is 0.490 e. The summed E-state index contributed by atoms with van der Waals surface area (Å²) in [5.41, 5.74) is 12.0. The van der Waals surface area contributed by atoms with Crippen LogP contribution in [0.4, 0.5) is 11.6 Å². The predicted octanol–water partition coefficient (Wildman–Crippen LogP) is -2.56. The van der Waals surface area contributed by atoms with Crippen LogP contribution >= 0.6 is 23.5 Å². The number of phosphoric acid groups is 3. The summed E-state index contributed by atoms with van der Waals surface area (Å²) in [4.78, 5) is 53.5. The molecule has 6 rings (SSSR count). The predicted molar refractivity (Wildman–Crippen MR) is 155 cm³/mol. The SMILES string of the molecule is Nc1ncnc2c1ncn2[C@@H]1O[C@H](COP(=O)(O)OP(=O)(O)OP(=O)(O)OC[C@H]2O[C@@H](n3cnc4c(N)ncnc43)[C@H](O)[C@H]2O)[C@H](O)[C@H]1O. The maximum Gasteiger partial charge on any atom is 0.490 e. The van der Waals surface area contributed by atoms with Crippen LogP contribution < -0.4 is 11.5 Å². The van der Waals surface area contributed by atoms with Crippen molar-refractivity contribution in [2.75, 3.05) is 24.7 Å². The van der Waals surface area contributed by atoms with E-state index in [-0.39, 0.29) is 34.0 Å². The maximum atomic E-state index is 12.4. The van der Waals surface area contributed by atoms with Gasteiger partial charge in [-0.3, -0.25) is 18.2 Å². The van der Waals surface area contributed by atoms with Crippen LogP contribution in [0.3, 0.4) is 0 Å². The fraction of sp³-hybridized carbons (Fsp3) is 0.500. The molecular formula is C20H27N10O16P3. The number of aliphatic hydroxyl groups is 4. The summed E-state index contributed by atoms with van der Waals surface area (Å²) >= 11 is 0. The molecule has 0 amide bonds. The molecule has 29 heteroatoms. The van der Waals surface area contributed by atoms with Crippen LogP contribution in [-0.4, -0.2) is 124 Å². The second-order valence-corrected chi connectivity index (χ2v) is 15.1. The molecule has 2 aliphatic rings. The lowest BCUT2D eigenvalue weighted by molar-refractivity contribution is -0.0510. The number of fused-ring (bicyclic) bond motifs is 2. The van der Waals surface area contributed by atoms with Crippen molar-refractivity contribution in [3.63, 3.8) is 0 Å². The summed E-state index contributed by atoms with van der Waals surface area (Å²) in [6, 6.07) is 0. The third-order valence-electron chi connectivity index (χ3n) is 7.21. The Kier molecular flexibility index (Phi) is 9.62. The highest BCUT2D eigenvalue weighted by Crippen LogP contribution is 2.67. The Morgan fingerprint density at radius 2 is 1.02 bits per heavy atom. The van der Waals surface area contributed by atoms with Gasteiger partial charge in [-0.1, -0.05) is 0 Å². The average Bonchev–Trinajstić information content (AvgIpc) is 3.77. The van der Waals surface area contributed by atoms with Crippen LogP contribution in [0.25, 0.3) is 22.3 Å². The topological polar surface area (TPSA) is 387 Å². The molecule has 0 bridgehead atoms. The minimum Gasteiger partial charge on any atom is -0.387 e. The lowest BCUT2D eigenvalue weighted by Gasteiger charge is -2.21. The van der Waals surface area contributed by atoms with Gasteiger partial charge in [0.15, 0.2) is 35.4 Å². The van der Waals surface area contributed by atoms with E-state index in [9.17, 15) is 48.8 Å². The minimum absolute atomic E-state index is 0.0158. The van der Waals surface area contributed by atoms with Crippen LogP contribution in [0, 0.1) is 0 Å². The summed E-state index contributed by atoms with van der Waals surface area (Å²) in [7, 11) is -17.2. The second kappa shape index (κ2) is 13.2. The molecule has 2 aliphatic heterocycles. The normalized spacial score (nSPS) is 31.2. The molecule has 11 N–H and O–H groups in total. The summed E-state index contributed by atoms with van der Waals surface area (Å²) in [6.45, 7) is -2.05. The van der Waals surface area contributed by atoms with E-state index in [0.717, 1.165) is 12.7 Å². The molecule has 0 radical (unpaired) electrons. The minimum atomic E-state index is -5.94. The van der Waals surface area contributed by atoms with Crippen molar-refractivity contribution in [1.29, 1.82) is 0 Å². The Balaban J connectivity index is 1.03. The van der Waals surface area contributed by atoms with E-state index in [1.165, 1.54) is 21.8 Å². The van der Waals surface area contributed by atoms with Crippen molar-refractivity contribution in [1.82, 2.24) is 39.0 Å². The zero-order valence-electron chi connectivity index (χ0n) is 24.2. The molecule has 4 aromatic heterocycles. The number of nitrogen functional groups attached to an aromatic ring is 2. The number of ether oxygens (including phenoxy) is 2. The number of anilines is 2. The molecule has 10 atom stereocenters. The number of nitrogens with two attached hydrogens (primary N) is 2. The number of hydrogen-bond acceptors (Lipinski definition) is 21. The molecule has 4 aromatic rings. The number of phosphoric ester groups is 2. The molecule has 0 saturated carbocycles. The number of aliphatic hydroxyl groups excluding tert-OH is 4. The Bertz CT molecular complexity index is 1860. The second-order valence-electron chi connectivity index (χ2n) is 10.4. The Hall–Kier alpha value is -3.13. The van der Waals surface area contributed by atoms with Crippen LogP contribution in [0.15, 0.2) is 25.3 Å². The summed E-state index contributed by atoms with van der Waals surface area (Å²) in [5, 5.41) is 41.8. The van der Waals surface area contributed by atoms with Crippen molar-refractivity contribution >= 4 is 57.4 Å². The van der Waals surface area contributed by atoms with Crippen molar-refractivity contribution in [2.45, 2.75) is 49.1 Å². The zero-order chi connectivity index (χ0) is 35.5. The maximum absolute atomic E-state index is 12.4. The molecule has 2 saturated heterocycles. The lowest BCUT2D eigenvalue weighted by atomic mass is 10.1.